The number of methoxy groups -OCH3 is 1. The summed E-state index contributed by atoms with van der Waals surface area (Å²) < 4.78 is 11.9. The van der Waals surface area contributed by atoms with E-state index in [1.54, 1.807) is 7.11 Å². The first-order valence-corrected chi connectivity index (χ1v) is 10.4. The number of fused-ring (bicyclic) bond motifs is 3. The summed E-state index contributed by atoms with van der Waals surface area (Å²) in [6.45, 7) is 5.02. The van der Waals surface area contributed by atoms with Crippen LogP contribution in [0, 0.1) is 6.92 Å². The zero-order chi connectivity index (χ0) is 18.4. The minimum atomic E-state index is -0.0919. The van der Waals surface area contributed by atoms with Gasteiger partial charge in [-0.3, -0.25) is 0 Å². The number of piperidine rings is 1. The maximum absolute atomic E-state index is 6.34. The number of nitrogens with zero attached hydrogens (tertiary/aromatic N) is 1. The van der Waals surface area contributed by atoms with Gasteiger partial charge in [0.2, 0.25) is 0 Å². The number of para-hydroxylation sites is 1. The SMILES string of the molecule is COc1cccc2c(C)cc(-c3cc4c(s3)C3(CCNCC3)OCC4)nc12.Cl. The average molecular weight is 417 g/mol. The van der Waals surface area contributed by atoms with Gasteiger partial charge in [0, 0.05) is 10.3 Å². The first-order chi connectivity index (χ1) is 13.2. The Balaban J connectivity index is 0.00000192. The summed E-state index contributed by atoms with van der Waals surface area (Å²) in [7, 11) is 1.71. The van der Waals surface area contributed by atoms with Crippen LogP contribution < -0.4 is 10.1 Å². The van der Waals surface area contributed by atoms with Gasteiger partial charge in [-0.2, -0.15) is 0 Å². The van der Waals surface area contributed by atoms with E-state index in [4.69, 9.17) is 14.5 Å². The number of ether oxygens (including phenoxy) is 2. The maximum atomic E-state index is 6.34. The van der Waals surface area contributed by atoms with Gasteiger partial charge >= 0.3 is 0 Å². The Morgan fingerprint density at radius 2 is 2.04 bits per heavy atom. The number of thiophene rings is 1. The van der Waals surface area contributed by atoms with Crippen LogP contribution in [0.4, 0.5) is 0 Å². The predicted octanol–water partition coefficient (Wildman–Crippen LogP) is 4.85. The molecule has 1 aromatic carbocycles. The molecule has 2 aromatic heterocycles. The third-order valence-electron chi connectivity index (χ3n) is 5.87. The van der Waals surface area contributed by atoms with E-state index in [1.807, 2.05) is 23.5 Å². The largest absolute Gasteiger partial charge is 0.494 e. The zero-order valence-corrected chi connectivity index (χ0v) is 17.8. The van der Waals surface area contributed by atoms with Gasteiger partial charge in [-0.1, -0.05) is 12.1 Å². The monoisotopic (exact) mass is 416 g/mol. The number of hydrogen-bond acceptors (Lipinski definition) is 5. The van der Waals surface area contributed by atoms with Crippen molar-refractivity contribution >= 4 is 34.6 Å². The minimum Gasteiger partial charge on any atom is -0.494 e. The van der Waals surface area contributed by atoms with E-state index in [9.17, 15) is 0 Å². The van der Waals surface area contributed by atoms with Crippen molar-refractivity contribution in [3.63, 3.8) is 0 Å². The number of benzene rings is 1. The van der Waals surface area contributed by atoms with Crippen LogP contribution >= 0.6 is 23.7 Å². The van der Waals surface area contributed by atoms with Crippen molar-refractivity contribution in [1.82, 2.24) is 10.3 Å². The molecule has 0 atom stereocenters. The highest BCUT2D eigenvalue weighted by atomic mass is 35.5. The van der Waals surface area contributed by atoms with Crippen molar-refractivity contribution in [1.29, 1.82) is 0 Å². The first kappa shape index (κ1) is 19.6. The Morgan fingerprint density at radius 1 is 1.21 bits per heavy atom. The molecule has 0 amide bonds. The summed E-state index contributed by atoms with van der Waals surface area (Å²) >= 11 is 1.87. The van der Waals surface area contributed by atoms with Crippen molar-refractivity contribution in [3.8, 4) is 16.3 Å². The lowest BCUT2D eigenvalue weighted by molar-refractivity contribution is -0.0771. The molecule has 5 rings (SSSR count). The van der Waals surface area contributed by atoms with Crippen molar-refractivity contribution in [2.75, 3.05) is 26.8 Å². The molecule has 0 unspecified atom stereocenters. The van der Waals surface area contributed by atoms with Gasteiger partial charge in [0.05, 0.1) is 24.3 Å². The Labute approximate surface area is 175 Å². The second-order valence-electron chi connectivity index (χ2n) is 7.49. The Bertz CT molecular complexity index is 1010. The molecule has 1 fully saturated rings. The second kappa shape index (κ2) is 7.64. The van der Waals surface area contributed by atoms with E-state index >= 15 is 0 Å². The number of aryl methyl sites for hydroxylation is 1. The van der Waals surface area contributed by atoms with Gasteiger partial charge in [-0.05, 0) is 68.6 Å². The van der Waals surface area contributed by atoms with Gasteiger partial charge in [-0.15, -0.1) is 23.7 Å². The van der Waals surface area contributed by atoms with E-state index in [0.717, 1.165) is 61.3 Å². The lowest BCUT2D eigenvalue weighted by atomic mass is 9.86. The highest BCUT2D eigenvalue weighted by Crippen LogP contribution is 2.46. The summed E-state index contributed by atoms with van der Waals surface area (Å²) in [4.78, 5) is 7.64. The number of rotatable bonds is 2. The van der Waals surface area contributed by atoms with E-state index in [0.29, 0.717) is 0 Å². The summed E-state index contributed by atoms with van der Waals surface area (Å²) in [5.74, 6) is 0.830. The smallest absolute Gasteiger partial charge is 0.145 e. The highest BCUT2D eigenvalue weighted by molar-refractivity contribution is 7.15. The normalized spacial score (nSPS) is 17.9. The van der Waals surface area contributed by atoms with Crippen LogP contribution in [0.1, 0.15) is 28.8 Å². The van der Waals surface area contributed by atoms with E-state index in [2.05, 4.69) is 30.4 Å². The Kier molecular flexibility index (Phi) is 5.36. The molecule has 2 aliphatic rings. The third kappa shape index (κ3) is 3.11. The number of aromatic nitrogens is 1. The van der Waals surface area contributed by atoms with Crippen molar-refractivity contribution in [2.45, 2.75) is 31.8 Å². The molecule has 0 radical (unpaired) electrons. The molecule has 148 valence electrons. The third-order valence-corrected chi connectivity index (χ3v) is 7.25. The van der Waals surface area contributed by atoms with Crippen LogP contribution in [0.2, 0.25) is 0 Å². The summed E-state index contributed by atoms with van der Waals surface area (Å²) in [5.41, 5.74) is 4.56. The molecular formula is C22H25ClN2O2S. The maximum Gasteiger partial charge on any atom is 0.145 e. The van der Waals surface area contributed by atoms with Gasteiger partial charge < -0.3 is 14.8 Å². The van der Waals surface area contributed by atoms with E-state index < -0.39 is 0 Å². The van der Waals surface area contributed by atoms with Crippen LogP contribution in [-0.2, 0) is 16.8 Å². The van der Waals surface area contributed by atoms with Crippen LogP contribution in [-0.4, -0.2) is 31.8 Å². The topological polar surface area (TPSA) is 43.4 Å². The molecule has 28 heavy (non-hydrogen) atoms. The number of pyridine rings is 1. The molecule has 0 bridgehead atoms. The zero-order valence-electron chi connectivity index (χ0n) is 16.2. The quantitative estimate of drug-likeness (QED) is 0.648. The fourth-order valence-corrected chi connectivity index (χ4v) is 5.80. The molecule has 1 saturated heterocycles. The van der Waals surface area contributed by atoms with Gasteiger partial charge in [-0.25, -0.2) is 4.98 Å². The average Bonchev–Trinajstić information content (AvgIpc) is 3.14. The lowest BCUT2D eigenvalue weighted by Gasteiger charge is -2.40. The van der Waals surface area contributed by atoms with Gasteiger partial charge in [0.1, 0.15) is 16.9 Å². The van der Waals surface area contributed by atoms with Crippen LogP contribution in [0.5, 0.6) is 5.75 Å². The number of halogens is 1. The van der Waals surface area contributed by atoms with Crippen molar-refractivity contribution in [2.24, 2.45) is 0 Å². The standard InChI is InChI=1S/C22H24N2O2S.ClH/c1-14-12-17(24-20-16(14)4-3-5-18(20)25-2)19-13-15-6-11-26-22(21(15)27-19)7-9-23-10-8-22;/h3-5,12-13,23H,6-11H2,1-2H3;1H. The minimum absolute atomic E-state index is 0. The van der Waals surface area contributed by atoms with Crippen molar-refractivity contribution in [3.05, 3.63) is 46.3 Å². The van der Waals surface area contributed by atoms with Crippen LogP contribution in [0.15, 0.2) is 30.3 Å². The molecular weight excluding hydrogens is 392 g/mol. The lowest BCUT2D eigenvalue weighted by Crippen LogP contribution is -2.43. The fraction of sp³-hybridized carbons (Fsp3) is 0.409. The fourth-order valence-electron chi connectivity index (χ4n) is 4.43. The summed E-state index contributed by atoms with van der Waals surface area (Å²) in [5, 5.41) is 4.61. The molecule has 6 heteroatoms. The molecule has 3 aromatic rings. The molecule has 0 aliphatic carbocycles. The molecule has 4 nitrogen and oxygen atoms in total. The summed E-state index contributed by atoms with van der Waals surface area (Å²) in [6, 6.07) is 10.7. The molecule has 0 saturated carbocycles. The van der Waals surface area contributed by atoms with E-state index in [-0.39, 0.29) is 18.0 Å². The van der Waals surface area contributed by atoms with Gasteiger partial charge in [0.25, 0.3) is 0 Å². The predicted molar refractivity (Wildman–Crippen MR) is 117 cm³/mol. The first-order valence-electron chi connectivity index (χ1n) is 9.63. The van der Waals surface area contributed by atoms with Crippen molar-refractivity contribution < 1.29 is 9.47 Å². The second-order valence-corrected chi connectivity index (χ2v) is 8.54. The molecule has 4 heterocycles. The number of nitrogens with one attached hydrogen (secondary N) is 1. The highest BCUT2D eigenvalue weighted by Gasteiger charge is 2.40. The Morgan fingerprint density at radius 3 is 2.82 bits per heavy atom. The van der Waals surface area contributed by atoms with Crippen LogP contribution in [0.3, 0.4) is 0 Å². The molecule has 1 spiro atoms. The Hall–Kier alpha value is -1.66. The van der Waals surface area contributed by atoms with Gasteiger partial charge in [0.15, 0.2) is 0 Å². The van der Waals surface area contributed by atoms with E-state index in [1.165, 1.54) is 20.9 Å². The summed E-state index contributed by atoms with van der Waals surface area (Å²) in [6.07, 6.45) is 3.10. The van der Waals surface area contributed by atoms with Crippen LogP contribution in [0.25, 0.3) is 21.5 Å². The molecule has 2 aliphatic heterocycles. The number of hydrogen-bond donors (Lipinski definition) is 1. The molecule has 1 N–H and O–H groups in total.